The fourth-order valence-electron chi connectivity index (χ4n) is 1.59. The molecule has 1 unspecified atom stereocenters. The Labute approximate surface area is 115 Å². The summed E-state index contributed by atoms with van der Waals surface area (Å²) in [5.41, 5.74) is 6.30. The second kappa shape index (κ2) is 6.08. The average molecular weight is 322 g/mol. The molecule has 0 amide bonds. The maximum Gasteiger partial charge on any atom is 0.173 e. The van der Waals surface area contributed by atoms with E-state index in [0.717, 1.165) is 12.5 Å². The SMILES string of the molecule is COC(C)(C)CCC(N)c1ccc(F)c(F)c1Br. The van der Waals surface area contributed by atoms with Crippen molar-refractivity contribution in [1.29, 1.82) is 0 Å². The first-order valence-electron chi connectivity index (χ1n) is 5.72. The smallest absolute Gasteiger partial charge is 0.173 e. The summed E-state index contributed by atoms with van der Waals surface area (Å²) in [5.74, 6) is -1.77. The molecule has 0 aliphatic carbocycles. The fraction of sp³-hybridized carbons (Fsp3) is 0.538. The van der Waals surface area contributed by atoms with Crippen LogP contribution in [0.15, 0.2) is 16.6 Å². The molecular formula is C13H18BrF2NO. The van der Waals surface area contributed by atoms with Gasteiger partial charge >= 0.3 is 0 Å². The Morgan fingerprint density at radius 3 is 2.56 bits per heavy atom. The summed E-state index contributed by atoms with van der Waals surface area (Å²) in [5, 5.41) is 0. The zero-order valence-corrected chi connectivity index (χ0v) is 12.4. The van der Waals surface area contributed by atoms with Gasteiger partial charge in [0.25, 0.3) is 0 Å². The number of nitrogens with two attached hydrogens (primary N) is 1. The van der Waals surface area contributed by atoms with Crippen LogP contribution in [0.1, 0.15) is 38.3 Å². The van der Waals surface area contributed by atoms with Crippen LogP contribution >= 0.6 is 15.9 Å². The van der Waals surface area contributed by atoms with Crippen LogP contribution in [-0.2, 0) is 4.74 Å². The zero-order valence-electron chi connectivity index (χ0n) is 10.8. The number of hydrogen-bond acceptors (Lipinski definition) is 2. The number of rotatable bonds is 5. The van der Waals surface area contributed by atoms with E-state index in [1.54, 1.807) is 7.11 Å². The van der Waals surface area contributed by atoms with Gasteiger partial charge in [0.15, 0.2) is 11.6 Å². The Morgan fingerprint density at radius 2 is 2.00 bits per heavy atom. The first-order chi connectivity index (χ1) is 8.28. The topological polar surface area (TPSA) is 35.2 Å². The number of hydrogen-bond donors (Lipinski definition) is 1. The third-order valence-corrected chi connectivity index (χ3v) is 3.88. The van der Waals surface area contributed by atoms with Gasteiger partial charge in [-0.1, -0.05) is 6.07 Å². The quantitative estimate of drug-likeness (QED) is 0.834. The van der Waals surface area contributed by atoms with Crippen LogP contribution in [0.5, 0.6) is 0 Å². The highest BCUT2D eigenvalue weighted by Crippen LogP contribution is 2.30. The summed E-state index contributed by atoms with van der Waals surface area (Å²) in [6.45, 7) is 3.92. The largest absolute Gasteiger partial charge is 0.379 e. The normalized spacial score (nSPS) is 13.7. The van der Waals surface area contributed by atoms with Crippen molar-refractivity contribution in [2.75, 3.05) is 7.11 Å². The zero-order chi connectivity index (χ0) is 13.9. The number of benzene rings is 1. The van der Waals surface area contributed by atoms with Crippen LogP contribution in [0, 0.1) is 11.6 Å². The highest BCUT2D eigenvalue weighted by Gasteiger charge is 2.21. The lowest BCUT2D eigenvalue weighted by molar-refractivity contribution is 0.0124. The van der Waals surface area contributed by atoms with Crippen LogP contribution in [0.2, 0.25) is 0 Å². The van der Waals surface area contributed by atoms with Crippen molar-refractivity contribution in [1.82, 2.24) is 0 Å². The van der Waals surface area contributed by atoms with E-state index in [2.05, 4.69) is 15.9 Å². The third kappa shape index (κ3) is 3.73. The minimum atomic E-state index is -0.894. The molecule has 0 aromatic heterocycles. The van der Waals surface area contributed by atoms with Crippen molar-refractivity contribution >= 4 is 15.9 Å². The molecule has 0 radical (unpaired) electrons. The monoisotopic (exact) mass is 321 g/mol. The van der Waals surface area contributed by atoms with Crippen molar-refractivity contribution < 1.29 is 13.5 Å². The minimum absolute atomic E-state index is 0.102. The van der Waals surface area contributed by atoms with Crippen LogP contribution in [0.25, 0.3) is 0 Å². The molecule has 0 saturated heterocycles. The third-order valence-electron chi connectivity index (χ3n) is 3.07. The van der Waals surface area contributed by atoms with Gasteiger partial charge in [0.05, 0.1) is 10.1 Å². The molecule has 1 aromatic rings. The number of ether oxygens (including phenoxy) is 1. The predicted molar refractivity (Wildman–Crippen MR) is 71.3 cm³/mol. The van der Waals surface area contributed by atoms with Crippen molar-refractivity contribution in [3.05, 3.63) is 33.8 Å². The van der Waals surface area contributed by atoms with Crippen LogP contribution in [-0.4, -0.2) is 12.7 Å². The Hall–Kier alpha value is -0.520. The molecule has 5 heteroatoms. The molecule has 18 heavy (non-hydrogen) atoms. The van der Waals surface area contributed by atoms with Crippen molar-refractivity contribution in [3.63, 3.8) is 0 Å². The van der Waals surface area contributed by atoms with Crippen LogP contribution < -0.4 is 5.73 Å². The van der Waals surface area contributed by atoms with Gasteiger partial charge in [-0.25, -0.2) is 8.78 Å². The molecular weight excluding hydrogens is 304 g/mol. The van der Waals surface area contributed by atoms with Gasteiger partial charge in [-0.15, -0.1) is 0 Å². The molecule has 0 heterocycles. The van der Waals surface area contributed by atoms with E-state index >= 15 is 0 Å². The van der Waals surface area contributed by atoms with Gasteiger partial charge < -0.3 is 10.5 Å². The maximum atomic E-state index is 13.4. The second-order valence-corrected chi connectivity index (χ2v) is 5.67. The van der Waals surface area contributed by atoms with E-state index in [1.807, 2.05) is 13.8 Å². The van der Waals surface area contributed by atoms with Crippen molar-refractivity contribution in [3.8, 4) is 0 Å². The number of methoxy groups -OCH3 is 1. The molecule has 2 nitrogen and oxygen atoms in total. The lowest BCUT2D eigenvalue weighted by Crippen LogP contribution is -2.25. The molecule has 1 aromatic carbocycles. The summed E-state index contributed by atoms with van der Waals surface area (Å²) in [6, 6.07) is 2.24. The van der Waals surface area contributed by atoms with E-state index in [1.165, 1.54) is 6.07 Å². The van der Waals surface area contributed by atoms with E-state index in [4.69, 9.17) is 10.5 Å². The van der Waals surface area contributed by atoms with E-state index in [9.17, 15) is 8.78 Å². The van der Waals surface area contributed by atoms with Crippen LogP contribution in [0.4, 0.5) is 8.78 Å². The summed E-state index contributed by atoms with van der Waals surface area (Å²) >= 11 is 3.04. The minimum Gasteiger partial charge on any atom is -0.379 e. The molecule has 0 saturated carbocycles. The first kappa shape index (κ1) is 15.5. The summed E-state index contributed by atoms with van der Waals surface area (Å²) in [7, 11) is 1.64. The predicted octanol–water partition coefficient (Wildman–Crippen LogP) is 3.93. The van der Waals surface area contributed by atoms with E-state index in [0.29, 0.717) is 12.0 Å². The van der Waals surface area contributed by atoms with Crippen LogP contribution in [0.3, 0.4) is 0 Å². The molecule has 102 valence electrons. The molecule has 0 spiro atoms. The maximum absolute atomic E-state index is 13.4. The van der Waals surface area contributed by atoms with Crippen molar-refractivity contribution in [2.45, 2.75) is 38.3 Å². The Bertz CT molecular complexity index is 424. The van der Waals surface area contributed by atoms with Gasteiger partial charge in [-0.05, 0) is 54.2 Å². The average Bonchev–Trinajstić information content (AvgIpc) is 2.33. The fourth-order valence-corrected chi connectivity index (χ4v) is 2.20. The Kier molecular flexibility index (Phi) is 5.25. The molecule has 2 N–H and O–H groups in total. The van der Waals surface area contributed by atoms with Gasteiger partial charge in [0, 0.05) is 13.2 Å². The molecule has 0 bridgehead atoms. The lowest BCUT2D eigenvalue weighted by atomic mass is 9.95. The van der Waals surface area contributed by atoms with Gasteiger partial charge in [-0.3, -0.25) is 0 Å². The molecule has 0 aliphatic rings. The Balaban J connectivity index is 2.79. The van der Waals surface area contributed by atoms with E-state index < -0.39 is 11.6 Å². The highest BCUT2D eigenvalue weighted by atomic mass is 79.9. The molecule has 0 fully saturated rings. The summed E-state index contributed by atoms with van der Waals surface area (Å²) < 4.78 is 31.8. The molecule has 1 rings (SSSR count). The number of halogens is 3. The van der Waals surface area contributed by atoms with E-state index in [-0.39, 0.29) is 16.1 Å². The molecule has 1 atom stereocenters. The highest BCUT2D eigenvalue weighted by molar-refractivity contribution is 9.10. The summed E-state index contributed by atoms with van der Waals surface area (Å²) in [4.78, 5) is 0. The second-order valence-electron chi connectivity index (χ2n) is 4.87. The van der Waals surface area contributed by atoms with Gasteiger partial charge in [0.2, 0.25) is 0 Å². The van der Waals surface area contributed by atoms with Gasteiger partial charge in [-0.2, -0.15) is 0 Å². The van der Waals surface area contributed by atoms with Gasteiger partial charge in [0.1, 0.15) is 0 Å². The summed E-state index contributed by atoms with van der Waals surface area (Å²) in [6.07, 6.45) is 1.36. The first-order valence-corrected chi connectivity index (χ1v) is 6.52. The Morgan fingerprint density at radius 1 is 1.39 bits per heavy atom. The molecule has 0 aliphatic heterocycles. The standard InChI is InChI=1S/C13H18BrF2NO/c1-13(2,18-3)7-6-10(17)8-4-5-9(15)12(16)11(8)14/h4-5,10H,6-7,17H2,1-3H3. The lowest BCUT2D eigenvalue weighted by Gasteiger charge is -2.25. The van der Waals surface area contributed by atoms with Crippen molar-refractivity contribution in [2.24, 2.45) is 5.73 Å².